The van der Waals surface area contributed by atoms with Gasteiger partial charge in [0.2, 0.25) is 0 Å². The minimum atomic E-state index is -0.0570. The Bertz CT molecular complexity index is 1030. The van der Waals surface area contributed by atoms with Gasteiger partial charge in [-0.25, -0.2) is 0 Å². The standard InChI is InChI=1S/C12H20O.C12H20.2C8H12.C5H12O.C5H12/c1-12(2,3)13-11-9-7-5-4-6-8-10-11;1-12(2,3)11-9-7-5-4-6-8-10-11;2*1-2-4-6-8-7-5-3-1;1-5(2,3)6-4;1-5(2,3)4/h11H,4-7,9H2,1-3H3;11H,4-7,9H2,1-3H3;2*1-6H2;1-4H3;1-4H3. The van der Waals surface area contributed by atoms with Crippen LogP contribution in [0.4, 0.5) is 0 Å². The highest BCUT2D eigenvalue weighted by atomic mass is 16.5. The van der Waals surface area contributed by atoms with Gasteiger partial charge >= 0.3 is 0 Å². The molecule has 0 radical (unpaired) electrons. The first-order chi connectivity index (χ1) is 24.2. The average Bonchev–Trinajstić information content (AvgIpc) is 2.92. The van der Waals surface area contributed by atoms with Crippen molar-refractivity contribution in [3.63, 3.8) is 0 Å². The molecular formula is C50H88O2. The van der Waals surface area contributed by atoms with Crippen molar-refractivity contribution in [1.29, 1.82) is 0 Å². The van der Waals surface area contributed by atoms with Crippen molar-refractivity contribution < 1.29 is 9.47 Å². The fourth-order valence-corrected chi connectivity index (χ4v) is 5.06. The molecule has 0 fully saturated rings. The van der Waals surface area contributed by atoms with Gasteiger partial charge in [0.25, 0.3) is 0 Å². The van der Waals surface area contributed by atoms with Gasteiger partial charge < -0.3 is 9.47 Å². The molecule has 0 aromatic carbocycles. The molecule has 2 heteroatoms. The van der Waals surface area contributed by atoms with Crippen LogP contribution in [0.3, 0.4) is 0 Å². The summed E-state index contributed by atoms with van der Waals surface area (Å²) in [6.45, 7) is 28.0. The Morgan fingerprint density at radius 3 is 1.02 bits per heavy atom. The predicted octanol–water partition coefficient (Wildman–Crippen LogP) is 14.9. The SMILES string of the molecule is C1#CCCCCCC1.C1#CCCCCCC1.CC(C)(C)C.CC(C)(C)C1C#CCCCCC1.CC(C)(C)OC1C#CCCCCC1.COC(C)(C)C. The summed E-state index contributed by atoms with van der Waals surface area (Å²) < 4.78 is 10.8. The van der Waals surface area contributed by atoms with E-state index in [1.165, 1.54) is 96.3 Å². The van der Waals surface area contributed by atoms with Gasteiger partial charge in [-0.15, -0.1) is 35.5 Å². The van der Waals surface area contributed by atoms with E-state index in [1.807, 2.05) is 20.8 Å². The first kappa shape index (κ1) is 52.3. The summed E-state index contributed by atoms with van der Waals surface area (Å²) in [5.41, 5.74) is 0.864. The monoisotopic (exact) mass is 721 g/mol. The van der Waals surface area contributed by atoms with E-state index in [1.54, 1.807) is 7.11 Å². The third-order valence-corrected chi connectivity index (χ3v) is 8.21. The predicted molar refractivity (Wildman–Crippen MR) is 232 cm³/mol. The van der Waals surface area contributed by atoms with Crippen molar-refractivity contribution in [3.05, 3.63) is 0 Å². The highest BCUT2D eigenvalue weighted by Gasteiger charge is 2.22. The number of ether oxygens (including phenoxy) is 2. The molecule has 0 N–H and O–H groups in total. The summed E-state index contributed by atoms with van der Waals surface area (Å²) >= 11 is 0. The zero-order chi connectivity index (χ0) is 39.8. The lowest BCUT2D eigenvalue weighted by Gasteiger charge is -2.27. The molecule has 52 heavy (non-hydrogen) atoms. The van der Waals surface area contributed by atoms with Crippen LogP contribution in [-0.4, -0.2) is 24.4 Å². The van der Waals surface area contributed by atoms with Gasteiger partial charge in [0.05, 0.1) is 11.2 Å². The normalized spacial score (nSPS) is 20.5. The lowest BCUT2D eigenvalue weighted by Crippen LogP contribution is -2.26. The van der Waals surface area contributed by atoms with E-state index < -0.39 is 0 Å². The Morgan fingerprint density at radius 1 is 0.385 bits per heavy atom. The molecule has 300 valence electrons. The third-order valence-electron chi connectivity index (χ3n) is 8.21. The molecule has 2 unspecified atom stereocenters. The van der Waals surface area contributed by atoms with Gasteiger partial charge in [0.15, 0.2) is 0 Å². The molecule has 0 saturated heterocycles. The van der Waals surface area contributed by atoms with E-state index in [0.717, 1.165) is 44.9 Å². The van der Waals surface area contributed by atoms with Crippen LogP contribution in [-0.2, 0) is 9.47 Å². The zero-order valence-corrected chi connectivity index (χ0v) is 37.5. The molecule has 4 aliphatic carbocycles. The highest BCUT2D eigenvalue weighted by molar-refractivity contribution is 5.08. The van der Waals surface area contributed by atoms with Crippen molar-refractivity contribution in [2.24, 2.45) is 16.7 Å². The van der Waals surface area contributed by atoms with Gasteiger partial charge in [-0.1, -0.05) is 105 Å². The first-order valence-electron chi connectivity index (χ1n) is 21.4. The van der Waals surface area contributed by atoms with Crippen LogP contribution in [0.1, 0.15) is 231 Å². The molecule has 0 spiro atoms. The molecule has 0 bridgehead atoms. The van der Waals surface area contributed by atoms with Crippen LogP contribution in [0.5, 0.6) is 0 Å². The largest absolute Gasteiger partial charge is 0.379 e. The van der Waals surface area contributed by atoms with E-state index in [-0.39, 0.29) is 17.3 Å². The maximum Gasteiger partial charge on any atom is 0.118 e. The van der Waals surface area contributed by atoms with Crippen LogP contribution < -0.4 is 0 Å². The lowest BCUT2D eigenvalue weighted by molar-refractivity contribution is -0.0376. The van der Waals surface area contributed by atoms with E-state index in [4.69, 9.17) is 9.47 Å². The molecule has 0 aliphatic heterocycles. The molecule has 4 aliphatic rings. The number of hydrogen-bond donors (Lipinski definition) is 0. The Kier molecular flexibility index (Phi) is 31.7. The Morgan fingerprint density at radius 2 is 0.692 bits per heavy atom. The molecule has 2 nitrogen and oxygen atoms in total. The number of methoxy groups -OCH3 is 1. The maximum absolute atomic E-state index is 5.84. The van der Waals surface area contributed by atoms with Gasteiger partial charge in [-0.05, 0) is 110 Å². The molecule has 4 rings (SSSR count). The maximum atomic E-state index is 5.84. The molecule has 2 atom stereocenters. The number of rotatable bonds is 1. The van der Waals surface area contributed by atoms with Gasteiger partial charge in [-0.2, -0.15) is 0 Å². The summed E-state index contributed by atoms with van der Waals surface area (Å²) in [5.74, 6) is 26.3. The van der Waals surface area contributed by atoms with E-state index >= 15 is 0 Å². The quantitative estimate of drug-likeness (QED) is 0.251. The summed E-state index contributed by atoms with van der Waals surface area (Å²) in [4.78, 5) is 0. The van der Waals surface area contributed by atoms with Crippen molar-refractivity contribution in [1.82, 2.24) is 0 Å². The second-order valence-electron chi connectivity index (χ2n) is 19.3. The second kappa shape index (κ2) is 31.5. The minimum absolute atomic E-state index is 0.0417. The fourth-order valence-electron chi connectivity index (χ4n) is 5.06. The second-order valence-corrected chi connectivity index (χ2v) is 19.3. The zero-order valence-electron chi connectivity index (χ0n) is 37.5. The van der Waals surface area contributed by atoms with Crippen LogP contribution >= 0.6 is 0 Å². The molecule has 0 aromatic rings. The molecule has 0 amide bonds. The molecule has 0 heterocycles. The van der Waals surface area contributed by atoms with Crippen molar-refractivity contribution in [2.45, 2.75) is 249 Å². The lowest BCUT2D eigenvalue weighted by atomic mass is 9.77. The van der Waals surface area contributed by atoms with Gasteiger partial charge in [0, 0.05) is 51.6 Å². The van der Waals surface area contributed by atoms with E-state index in [2.05, 4.69) is 117 Å². The van der Waals surface area contributed by atoms with Crippen LogP contribution in [0.2, 0.25) is 0 Å². The summed E-state index contributed by atoms with van der Waals surface area (Å²) in [7, 11) is 1.71. The van der Waals surface area contributed by atoms with Crippen molar-refractivity contribution in [2.75, 3.05) is 7.11 Å². The van der Waals surface area contributed by atoms with Crippen LogP contribution in [0, 0.1) is 64.1 Å². The summed E-state index contributed by atoms with van der Waals surface area (Å²) in [5, 5.41) is 0. The van der Waals surface area contributed by atoms with Gasteiger partial charge in [-0.3, -0.25) is 0 Å². The Balaban J connectivity index is 0. The molecule has 0 saturated carbocycles. The van der Waals surface area contributed by atoms with Gasteiger partial charge in [0.1, 0.15) is 6.10 Å². The number of hydrogen-bond acceptors (Lipinski definition) is 2. The van der Waals surface area contributed by atoms with Crippen molar-refractivity contribution in [3.8, 4) is 47.4 Å². The van der Waals surface area contributed by atoms with Crippen LogP contribution in [0.25, 0.3) is 0 Å². The minimum Gasteiger partial charge on any atom is -0.379 e. The average molecular weight is 721 g/mol. The molecular weight excluding hydrogens is 633 g/mol. The Hall–Kier alpha value is -1.84. The van der Waals surface area contributed by atoms with E-state index in [9.17, 15) is 0 Å². The molecule has 0 aromatic heterocycles. The van der Waals surface area contributed by atoms with E-state index in [0.29, 0.717) is 16.7 Å². The third kappa shape index (κ3) is 46.2. The smallest absolute Gasteiger partial charge is 0.118 e. The Labute approximate surface area is 328 Å². The fraction of sp³-hybridized carbons (Fsp3) is 0.840. The topological polar surface area (TPSA) is 18.5 Å². The van der Waals surface area contributed by atoms with Crippen molar-refractivity contribution >= 4 is 0 Å². The summed E-state index contributed by atoms with van der Waals surface area (Å²) in [6.07, 6.45) is 28.1. The first-order valence-corrected chi connectivity index (χ1v) is 21.4. The van der Waals surface area contributed by atoms with Crippen LogP contribution in [0.15, 0.2) is 0 Å². The highest BCUT2D eigenvalue weighted by Crippen LogP contribution is 2.30. The summed E-state index contributed by atoms with van der Waals surface area (Å²) in [6, 6.07) is 0.